The van der Waals surface area contributed by atoms with E-state index in [9.17, 15) is 4.79 Å². The second kappa shape index (κ2) is 5.81. The number of rotatable bonds is 4. The van der Waals surface area contributed by atoms with Crippen molar-refractivity contribution in [3.05, 3.63) is 66.2 Å². The van der Waals surface area contributed by atoms with Crippen LogP contribution < -0.4 is 10.4 Å². The Morgan fingerprint density at radius 2 is 1.64 bits per heavy atom. The summed E-state index contributed by atoms with van der Waals surface area (Å²) in [4.78, 5) is 12.3. The lowest BCUT2D eigenvalue weighted by molar-refractivity contribution is -0.130. The van der Waals surface area contributed by atoms with Gasteiger partial charge in [-0.25, -0.2) is 0 Å². The zero-order valence-corrected chi connectivity index (χ0v) is 12.8. The summed E-state index contributed by atoms with van der Waals surface area (Å²) >= 11 is 0. The van der Waals surface area contributed by atoms with E-state index in [1.54, 1.807) is 0 Å². The topological polar surface area (TPSA) is 41.6 Å². The number of carbonyl (C=O) groups excluding carboxylic acids is 1. The number of hydrogen-bond acceptors (Lipinski definition) is 3. The van der Waals surface area contributed by atoms with Gasteiger partial charge in [0.05, 0.1) is 17.7 Å². The van der Waals surface area contributed by atoms with Crippen LogP contribution in [0.1, 0.15) is 19.4 Å². The SMILES string of the molecule is CC1(C)C(=O)NN(c2ccccc2)[C@@H]1OCc1ccccc1. The largest absolute Gasteiger partial charge is 0.351 e. The first-order valence-corrected chi connectivity index (χ1v) is 7.40. The maximum atomic E-state index is 12.3. The molecule has 1 N–H and O–H groups in total. The molecule has 0 spiro atoms. The second-order valence-corrected chi connectivity index (χ2v) is 6.02. The monoisotopic (exact) mass is 296 g/mol. The average Bonchev–Trinajstić information content (AvgIpc) is 2.77. The van der Waals surface area contributed by atoms with E-state index in [2.05, 4.69) is 5.43 Å². The van der Waals surface area contributed by atoms with Crippen LogP contribution in [0, 0.1) is 5.41 Å². The molecule has 22 heavy (non-hydrogen) atoms. The normalized spacial score (nSPS) is 20.0. The lowest BCUT2D eigenvalue weighted by atomic mass is 9.91. The maximum Gasteiger partial charge on any atom is 0.248 e. The van der Waals surface area contributed by atoms with Crippen molar-refractivity contribution in [3.63, 3.8) is 0 Å². The van der Waals surface area contributed by atoms with Crippen LogP contribution in [0.2, 0.25) is 0 Å². The van der Waals surface area contributed by atoms with Crippen LogP contribution >= 0.6 is 0 Å². The molecule has 2 aromatic carbocycles. The molecule has 114 valence electrons. The third kappa shape index (κ3) is 2.70. The minimum atomic E-state index is -0.620. The molecule has 0 saturated carbocycles. The third-order valence-corrected chi connectivity index (χ3v) is 3.94. The van der Waals surface area contributed by atoms with Crippen molar-refractivity contribution in [2.75, 3.05) is 5.01 Å². The predicted octanol–water partition coefficient (Wildman–Crippen LogP) is 3.11. The van der Waals surface area contributed by atoms with E-state index in [0.29, 0.717) is 6.61 Å². The van der Waals surface area contributed by atoms with Crippen molar-refractivity contribution >= 4 is 11.6 Å². The van der Waals surface area contributed by atoms with Gasteiger partial charge in [-0.05, 0) is 31.5 Å². The molecule has 4 nitrogen and oxygen atoms in total. The molecule has 0 aromatic heterocycles. The number of ether oxygens (including phenoxy) is 1. The van der Waals surface area contributed by atoms with Crippen molar-refractivity contribution in [1.29, 1.82) is 0 Å². The van der Waals surface area contributed by atoms with Crippen LogP contribution in [-0.2, 0) is 16.1 Å². The molecule has 0 unspecified atom stereocenters. The lowest BCUT2D eigenvalue weighted by Crippen LogP contribution is -2.42. The Hall–Kier alpha value is -2.33. The Kier molecular flexibility index (Phi) is 3.86. The number of nitrogens with zero attached hydrogens (tertiary/aromatic N) is 1. The van der Waals surface area contributed by atoms with Crippen LogP contribution in [-0.4, -0.2) is 12.1 Å². The Morgan fingerprint density at radius 1 is 1.05 bits per heavy atom. The molecule has 0 aliphatic carbocycles. The molecule has 1 atom stereocenters. The molecule has 1 amide bonds. The van der Waals surface area contributed by atoms with Gasteiger partial charge in [0.25, 0.3) is 0 Å². The van der Waals surface area contributed by atoms with E-state index >= 15 is 0 Å². The van der Waals surface area contributed by atoms with Gasteiger partial charge < -0.3 is 4.74 Å². The summed E-state index contributed by atoms with van der Waals surface area (Å²) in [7, 11) is 0. The summed E-state index contributed by atoms with van der Waals surface area (Å²) in [6.07, 6.45) is -0.359. The van der Waals surface area contributed by atoms with Gasteiger partial charge in [-0.2, -0.15) is 0 Å². The molecular formula is C18H20N2O2. The van der Waals surface area contributed by atoms with Crippen LogP contribution in [0.25, 0.3) is 0 Å². The molecule has 1 heterocycles. The van der Waals surface area contributed by atoms with Gasteiger partial charge in [0.15, 0.2) is 6.23 Å². The summed E-state index contributed by atoms with van der Waals surface area (Å²) in [6, 6.07) is 19.7. The van der Waals surface area contributed by atoms with Crippen molar-refractivity contribution < 1.29 is 9.53 Å². The van der Waals surface area contributed by atoms with E-state index in [1.165, 1.54) is 0 Å². The number of nitrogens with one attached hydrogen (secondary N) is 1. The number of hydrogen-bond donors (Lipinski definition) is 1. The summed E-state index contributed by atoms with van der Waals surface area (Å²) in [5, 5.41) is 1.81. The summed E-state index contributed by atoms with van der Waals surface area (Å²) in [6.45, 7) is 4.27. The van der Waals surface area contributed by atoms with Crippen molar-refractivity contribution in [1.82, 2.24) is 5.43 Å². The van der Waals surface area contributed by atoms with Crippen LogP contribution in [0.3, 0.4) is 0 Å². The summed E-state index contributed by atoms with van der Waals surface area (Å²) < 4.78 is 6.08. The minimum absolute atomic E-state index is 0.0329. The zero-order valence-electron chi connectivity index (χ0n) is 12.8. The number of para-hydroxylation sites is 1. The van der Waals surface area contributed by atoms with Gasteiger partial charge in [-0.1, -0.05) is 48.5 Å². The predicted molar refractivity (Wildman–Crippen MR) is 85.9 cm³/mol. The first-order chi connectivity index (χ1) is 10.6. The van der Waals surface area contributed by atoms with Crippen molar-refractivity contribution in [2.24, 2.45) is 5.41 Å². The van der Waals surface area contributed by atoms with Gasteiger partial charge in [-0.15, -0.1) is 0 Å². The first kappa shape index (κ1) is 14.6. The highest BCUT2D eigenvalue weighted by molar-refractivity contribution is 5.87. The van der Waals surface area contributed by atoms with Gasteiger partial charge in [-0.3, -0.25) is 15.2 Å². The highest BCUT2D eigenvalue weighted by Gasteiger charge is 2.48. The molecule has 1 aliphatic heterocycles. The molecule has 3 rings (SSSR count). The van der Waals surface area contributed by atoms with E-state index in [-0.39, 0.29) is 12.1 Å². The van der Waals surface area contributed by atoms with Gasteiger partial charge in [0.2, 0.25) is 5.91 Å². The highest BCUT2D eigenvalue weighted by Crippen LogP contribution is 2.34. The number of amides is 1. The van der Waals surface area contributed by atoms with E-state index in [0.717, 1.165) is 11.3 Å². The summed E-state index contributed by atoms with van der Waals surface area (Å²) in [5.41, 5.74) is 4.30. The fourth-order valence-corrected chi connectivity index (χ4v) is 2.57. The van der Waals surface area contributed by atoms with Crippen molar-refractivity contribution in [2.45, 2.75) is 26.7 Å². The molecule has 2 aromatic rings. The maximum absolute atomic E-state index is 12.3. The van der Waals surface area contributed by atoms with Crippen LogP contribution in [0.5, 0.6) is 0 Å². The third-order valence-electron chi connectivity index (χ3n) is 3.94. The molecular weight excluding hydrogens is 276 g/mol. The Balaban J connectivity index is 1.82. The van der Waals surface area contributed by atoms with Gasteiger partial charge in [0.1, 0.15) is 0 Å². The number of anilines is 1. The molecule has 1 saturated heterocycles. The molecule has 4 heteroatoms. The fourth-order valence-electron chi connectivity index (χ4n) is 2.57. The fraction of sp³-hybridized carbons (Fsp3) is 0.278. The Bertz CT molecular complexity index is 641. The standard InChI is InChI=1S/C18H20N2O2/c1-18(2)16(21)19-20(15-11-7-4-8-12-15)17(18)22-13-14-9-5-3-6-10-14/h3-12,17H,13H2,1-2H3,(H,19,21)/t17-/m1/s1. The quantitative estimate of drug-likeness (QED) is 0.942. The van der Waals surface area contributed by atoms with E-state index in [4.69, 9.17) is 4.74 Å². The average molecular weight is 296 g/mol. The molecule has 0 bridgehead atoms. The van der Waals surface area contributed by atoms with Crippen molar-refractivity contribution in [3.8, 4) is 0 Å². The first-order valence-electron chi connectivity index (χ1n) is 7.40. The van der Waals surface area contributed by atoms with E-state index < -0.39 is 5.41 Å². The number of carbonyl (C=O) groups is 1. The van der Waals surface area contributed by atoms with Crippen LogP contribution in [0.4, 0.5) is 5.69 Å². The molecule has 1 fully saturated rings. The summed E-state index contributed by atoms with van der Waals surface area (Å²) in [5.74, 6) is -0.0329. The van der Waals surface area contributed by atoms with Crippen LogP contribution in [0.15, 0.2) is 60.7 Å². The minimum Gasteiger partial charge on any atom is -0.351 e. The zero-order chi connectivity index (χ0) is 15.6. The second-order valence-electron chi connectivity index (χ2n) is 6.02. The lowest BCUT2D eigenvalue weighted by Gasteiger charge is -2.30. The Morgan fingerprint density at radius 3 is 2.27 bits per heavy atom. The van der Waals surface area contributed by atoms with Gasteiger partial charge in [0, 0.05) is 0 Å². The smallest absolute Gasteiger partial charge is 0.248 e. The number of hydrazine groups is 1. The van der Waals surface area contributed by atoms with Gasteiger partial charge >= 0.3 is 0 Å². The molecule has 1 aliphatic rings. The van der Waals surface area contributed by atoms with E-state index in [1.807, 2.05) is 79.5 Å². The Labute approximate surface area is 130 Å². The molecule has 0 radical (unpaired) electrons. The highest BCUT2D eigenvalue weighted by atomic mass is 16.5. The number of benzene rings is 2.